The molecule has 6 heteroatoms. The Balaban J connectivity index is 1.62. The van der Waals surface area contributed by atoms with E-state index in [9.17, 15) is 4.79 Å². The monoisotopic (exact) mass is 478 g/mol. The van der Waals surface area contributed by atoms with Gasteiger partial charge in [-0.3, -0.25) is 0 Å². The lowest BCUT2D eigenvalue weighted by Crippen LogP contribution is -2.34. The summed E-state index contributed by atoms with van der Waals surface area (Å²) >= 11 is 7.56. The molecule has 0 aliphatic heterocycles. The molecule has 1 aliphatic carbocycles. The first-order valence-corrected chi connectivity index (χ1v) is 12.7. The number of thiophene rings is 1. The third-order valence-corrected chi connectivity index (χ3v) is 7.57. The lowest BCUT2D eigenvalue weighted by Gasteiger charge is -2.26. The van der Waals surface area contributed by atoms with Gasteiger partial charge >= 0.3 is 5.97 Å². The normalized spacial score (nSPS) is 13.4. The second-order valence-electron chi connectivity index (χ2n) is 8.37. The number of nitrogens with one attached hydrogen (secondary N) is 1. The summed E-state index contributed by atoms with van der Waals surface area (Å²) < 4.78 is 5.18. The largest absolute Gasteiger partial charge is 0.465 e. The summed E-state index contributed by atoms with van der Waals surface area (Å²) in [7, 11) is 1.45. The highest BCUT2D eigenvalue weighted by Crippen LogP contribution is 2.37. The number of carbonyl (C=O) groups is 1. The summed E-state index contributed by atoms with van der Waals surface area (Å²) in [6, 6.07) is 20.6. The Hall–Kier alpha value is -2.70. The van der Waals surface area contributed by atoms with E-state index in [4.69, 9.17) is 17.0 Å². The SMILES string of the molecule is COC(=O)c1c(NC(=S)N(Cc2ccccc2)Cc2ccccc2)sc2c1CCCCCC2. The van der Waals surface area contributed by atoms with Crippen molar-refractivity contribution >= 4 is 39.6 Å². The van der Waals surface area contributed by atoms with Gasteiger partial charge in [-0.15, -0.1) is 11.3 Å². The van der Waals surface area contributed by atoms with Gasteiger partial charge in [-0.2, -0.15) is 0 Å². The van der Waals surface area contributed by atoms with E-state index < -0.39 is 0 Å². The Morgan fingerprint density at radius 1 is 0.939 bits per heavy atom. The number of fused-ring (bicyclic) bond motifs is 1. The quantitative estimate of drug-likeness (QED) is 0.320. The number of ether oxygens (including phenoxy) is 1. The van der Waals surface area contributed by atoms with Crippen molar-refractivity contribution in [2.75, 3.05) is 12.4 Å². The molecule has 0 saturated heterocycles. The smallest absolute Gasteiger partial charge is 0.341 e. The fraction of sp³-hybridized carbons (Fsp3) is 0.333. The summed E-state index contributed by atoms with van der Waals surface area (Å²) in [6.45, 7) is 1.36. The summed E-state index contributed by atoms with van der Waals surface area (Å²) in [5, 5.41) is 4.86. The third kappa shape index (κ3) is 6.01. The maximum absolute atomic E-state index is 12.8. The number of methoxy groups -OCH3 is 1. The fourth-order valence-corrected chi connectivity index (χ4v) is 5.88. The van der Waals surface area contributed by atoms with Crippen LogP contribution in [-0.2, 0) is 30.7 Å². The molecule has 3 aromatic rings. The van der Waals surface area contributed by atoms with E-state index in [1.807, 2.05) is 36.4 Å². The van der Waals surface area contributed by atoms with E-state index in [1.54, 1.807) is 11.3 Å². The van der Waals surface area contributed by atoms with Crippen molar-refractivity contribution in [2.45, 2.75) is 51.6 Å². The first-order valence-electron chi connectivity index (χ1n) is 11.5. The maximum atomic E-state index is 12.8. The highest BCUT2D eigenvalue weighted by molar-refractivity contribution is 7.80. The van der Waals surface area contributed by atoms with Gasteiger partial charge in [-0.25, -0.2) is 4.79 Å². The molecule has 0 bridgehead atoms. The Labute approximate surface area is 205 Å². The highest BCUT2D eigenvalue weighted by Gasteiger charge is 2.26. The van der Waals surface area contributed by atoms with E-state index in [0.717, 1.165) is 36.2 Å². The molecule has 0 radical (unpaired) electrons. The van der Waals surface area contributed by atoms with Crippen LogP contribution in [0.25, 0.3) is 0 Å². The minimum absolute atomic E-state index is 0.281. The predicted octanol–water partition coefficient (Wildman–Crippen LogP) is 6.59. The molecule has 4 rings (SSSR count). The lowest BCUT2D eigenvalue weighted by atomic mass is 9.96. The Morgan fingerprint density at radius 3 is 2.09 bits per heavy atom. The van der Waals surface area contributed by atoms with Crippen molar-refractivity contribution in [1.29, 1.82) is 0 Å². The average Bonchev–Trinajstić information content (AvgIpc) is 3.15. The van der Waals surface area contributed by atoms with Crippen LogP contribution in [0.1, 0.15) is 57.6 Å². The zero-order valence-electron chi connectivity index (χ0n) is 19.0. The molecular weight excluding hydrogens is 448 g/mol. The molecule has 172 valence electrons. The molecule has 2 aromatic carbocycles. The van der Waals surface area contributed by atoms with Crippen LogP contribution in [0, 0.1) is 0 Å². The molecular formula is C27H30N2O2S2. The summed E-state index contributed by atoms with van der Waals surface area (Å²) in [5.41, 5.74) is 4.18. The molecule has 1 heterocycles. The van der Waals surface area contributed by atoms with Crippen LogP contribution in [0.5, 0.6) is 0 Å². The average molecular weight is 479 g/mol. The van der Waals surface area contributed by atoms with Gasteiger partial charge in [0.2, 0.25) is 0 Å². The second-order valence-corrected chi connectivity index (χ2v) is 9.86. The molecule has 0 atom stereocenters. The van der Waals surface area contributed by atoms with Crippen molar-refractivity contribution in [1.82, 2.24) is 4.90 Å². The summed E-state index contributed by atoms with van der Waals surface area (Å²) in [6.07, 6.45) is 6.64. The van der Waals surface area contributed by atoms with E-state index in [-0.39, 0.29) is 5.97 Å². The zero-order chi connectivity index (χ0) is 23.0. The van der Waals surface area contributed by atoms with E-state index in [2.05, 4.69) is 34.5 Å². The molecule has 33 heavy (non-hydrogen) atoms. The minimum atomic E-state index is -0.281. The first kappa shape index (κ1) is 23.5. The first-order chi connectivity index (χ1) is 16.2. The van der Waals surface area contributed by atoms with Crippen molar-refractivity contribution in [2.24, 2.45) is 0 Å². The Morgan fingerprint density at radius 2 is 1.52 bits per heavy atom. The predicted molar refractivity (Wildman–Crippen MR) is 140 cm³/mol. The number of hydrogen-bond donors (Lipinski definition) is 1. The number of rotatable bonds is 6. The van der Waals surface area contributed by atoms with E-state index >= 15 is 0 Å². The molecule has 0 unspecified atom stereocenters. The van der Waals surface area contributed by atoms with Crippen LogP contribution < -0.4 is 5.32 Å². The number of carbonyl (C=O) groups excluding carboxylic acids is 1. The van der Waals surface area contributed by atoms with E-state index in [0.29, 0.717) is 23.8 Å². The van der Waals surface area contributed by atoms with Gasteiger partial charge in [0.1, 0.15) is 5.00 Å². The number of hydrogen-bond acceptors (Lipinski definition) is 4. The van der Waals surface area contributed by atoms with Crippen LogP contribution in [0.3, 0.4) is 0 Å². The number of nitrogens with zero attached hydrogens (tertiary/aromatic N) is 1. The third-order valence-electron chi connectivity index (χ3n) is 6.00. The van der Waals surface area contributed by atoms with Crippen LogP contribution in [-0.4, -0.2) is 23.1 Å². The van der Waals surface area contributed by atoms with Crippen molar-refractivity contribution in [3.8, 4) is 0 Å². The van der Waals surface area contributed by atoms with Crippen molar-refractivity contribution in [3.05, 3.63) is 87.8 Å². The standard InChI is InChI=1S/C27H30N2O2S2/c1-31-26(30)24-22-16-10-2-3-11-17-23(22)33-25(24)28-27(32)29(18-20-12-6-4-7-13-20)19-21-14-8-5-9-15-21/h4-9,12-15H,2-3,10-11,16-19H2,1H3,(H,28,32). The fourth-order valence-electron chi connectivity index (χ4n) is 4.31. The topological polar surface area (TPSA) is 41.6 Å². The van der Waals surface area contributed by atoms with Crippen molar-refractivity contribution < 1.29 is 9.53 Å². The number of benzene rings is 2. The Kier molecular flexibility index (Phi) is 8.13. The Bertz CT molecular complexity index is 1040. The van der Waals surface area contributed by atoms with Gasteiger partial charge in [0.15, 0.2) is 5.11 Å². The van der Waals surface area contributed by atoms with Gasteiger partial charge in [0.25, 0.3) is 0 Å². The second kappa shape index (κ2) is 11.4. The van der Waals surface area contributed by atoms with Crippen LogP contribution in [0.15, 0.2) is 60.7 Å². The molecule has 4 nitrogen and oxygen atoms in total. The van der Waals surface area contributed by atoms with Gasteiger partial charge in [-0.1, -0.05) is 73.5 Å². The molecule has 1 N–H and O–H groups in total. The van der Waals surface area contributed by atoms with Crippen LogP contribution in [0.4, 0.5) is 5.00 Å². The molecule has 0 amide bonds. The van der Waals surface area contributed by atoms with Crippen LogP contribution >= 0.6 is 23.6 Å². The van der Waals surface area contributed by atoms with Crippen LogP contribution in [0.2, 0.25) is 0 Å². The summed E-state index contributed by atoms with van der Waals surface area (Å²) in [5.74, 6) is -0.281. The maximum Gasteiger partial charge on any atom is 0.341 e. The minimum Gasteiger partial charge on any atom is -0.465 e. The van der Waals surface area contributed by atoms with E-state index in [1.165, 1.54) is 36.0 Å². The summed E-state index contributed by atoms with van der Waals surface area (Å²) in [4.78, 5) is 16.2. The molecule has 1 aliphatic rings. The molecule has 0 fully saturated rings. The number of thiocarbonyl (C=S) groups is 1. The van der Waals surface area contributed by atoms with Crippen molar-refractivity contribution in [3.63, 3.8) is 0 Å². The van der Waals surface area contributed by atoms with Gasteiger partial charge in [0.05, 0.1) is 12.7 Å². The zero-order valence-corrected chi connectivity index (χ0v) is 20.6. The highest BCUT2D eigenvalue weighted by atomic mass is 32.1. The number of anilines is 1. The van der Waals surface area contributed by atoms with Gasteiger partial charge in [0, 0.05) is 18.0 Å². The van der Waals surface area contributed by atoms with Gasteiger partial charge < -0.3 is 15.0 Å². The molecule has 0 saturated carbocycles. The number of aryl methyl sites for hydroxylation is 1. The molecule has 1 aromatic heterocycles. The number of esters is 1. The van der Waals surface area contributed by atoms with Gasteiger partial charge in [-0.05, 0) is 54.6 Å². The molecule has 0 spiro atoms. The lowest BCUT2D eigenvalue weighted by molar-refractivity contribution is 0.0601.